The smallest absolute Gasteiger partial charge is 0.409 e. The number of benzene rings is 1. The van der Waals surface area contributed by atoms with E-state index >= 15 is 0 Å². The standard InChI is InChI=1S/C21H26Cl2N4O4/c1-5-27-19(14-8-7-13(22)9-15(14)23)24-12(3)18(20(27)28)25-16-10-26(21(29)30-4)11-17(16)31-6-2/h7-9,16-17,25H,5-6,10-11H2,1-4H3/t16-,17+/m1/s1. The van der Waals surface area contributed by atoms with Crippen LogP contribution in [0.4, 0.5) is 10.5 Å². The molecule has 2 atom stereocenters. The van der Waals surface area contributed by atoms with Crippen LogP contribution in [0.2, 0.25) is 10.0 Å². The van der Waals surface area contributed by atoms with Crippen molar-refractivity contribution in [3.63, 3.8) is 0 Å². The number of aromatic nitrogens is 2. The number of amides is 1. The molecule has 0 aliphatic carbocycles. The summed E-state index contributed by atoms with van der Waals surface area (Å²) in [6, 6.07) is 4.81. The predicted molar refractivity (Wildman–Crippen MR) is 121 cm³/mol. The number of halogens is 2. The number of carbonyl (C=O) groups is 1. The number of nitrogens with zero attached hydrogens (tertiary/aromatic N) is 3. The van der Waals surface area contributed by atoms with Crippen molar-refractivity contribution in [1.82, 2.24) is 14.5 Å². The molecule has 1 aliphatic heterocycles. The van der Waals surface area contributed by atoms with Crippen molar-refractivity contribution in [2.75, 3.05) is 32.1 Å². The zero-order valence-corrected chi connectivity index (χ0v) is 19.5. The van der Waals surface area contributed by atoms with Gasteiger partial charge in [0.2, 0.25) is 0 Å². The van der Waals surface area contributed by atoms with Gasteiger partial charge in [-0.2, -0.15) is 0 Å². The maximum atomic E-state index is 13.4. The Kier molecular flexibility index (Phi) is 7.46. The molecule has 0 radical (unpaired) electrons. The largest absolute Gasteiger partial charge is 0.453 e. The number of rotatable bonds is 6. The third-order valence-electron chi connectivity index (χ3n) is 5.25. The zero-order valence-electron chi connectivity index (χ0n) is 17.9. The summed E-state index contributed by atoms with van der Waals surface area (Å²) in [6.07, 6.45) is -0.703. The van der Waals surface area contributed by atoms with Gasteiger partial charge < -0.3 is 19.7 Å². The molecular formula is C21H26Cl2N4O4. The minimum absolute atomic E-state index is 0.220. The lowest BCUT2D eigenvalue weighted by Gasteiger charge is -2.22. The highest BCUT2D eigenvalue weighted by Gasteiger charge is 2.37. The molecule has 2 heterocycles. The number of aryl methyl sites for hydroxylation is 1. The Morgan fingerprint density at radius 1 is 1.29 bits per heavy atom. The number of nitrogens with one attached hydrogen (secondary N) is 1. The average molecular weight is 469 g/mol. The second-order valence-electron chi connectivity index (χ2n) is 7.19. The molecule has 1 aromatic heterocycles. The molecule has 31 heavy (non-hydrogen) atoms. The molecular weight excluding hydrogens is 443 g/mol. The lowest BCUT2D eigenvalue weighted by Crippen LogP contribution is -2.38. The van der Waals surface area contributed by atoms with Crippen molar-refractivity contribution in [2.45, 2.75) is 39.5 Å². The summed E-state index contributed by atoms with van der Waals surface area (Å²) in [4.78, 5) is 31.6. The number of carbonyl (C=O) groups excluding carboxylic acids is 1. The van der Waals surface area contributed by atoms with Gasteiger partial charge in [-0.25, -0.2) is 9.78 Å². The maximum Gasteiger partial charge on any atom is 0.409 e. The third kappa shape index (κ3) is 4.81. The van der Waals surface area contributed by atoms with E-state index in [0.717, 1.165) is 0 Å². The van der Waals surface area contributed by atoms with Gasteiger partial charge in [0.15, 0.2) is 0 Å². The number of hydrogen-bond donors (Lipinski definition) is 1. The molecule has 0 spiro atoms. The van der Waals surface area contributed by atoms with Crippen LogP contribution >= 0.6 is 23.2 Å². The monoisotopic (exact) mass is 468 g/mol. The average Bonchev–Trinajstić information content (AvgIpc) is 3.13. The van der Waals surface area contributed by atoms with Crippen LogP contribution in [0.3, 0.4) is 0 Å². The Balaban J connectivity index is 1.99. The molecule has 1 saturated heterocycles. The summed E-state index contributed by atoms with van der Waals surface area (Å²) in [5, 5.41) is 4.20. The summed E-state index contributed by atoms with van der Waals surface area (Å²) in [5.74, 6) is 0.473. The Hall–Kier alpha value is -2.29. The number of likely N-dealkylation sites (tertiary alicyclic amines) is 1. The highest BCUT2D eigenvalue weighted by atomic mass is 35.5. The van der Waals surface area contributed by atoms with Gasteiger partial charge in [0.1, 0.15) is 11.5 Å². The first-order chi connectivity index (χ1) is 14.8. The van der Waals surface area contributed by atoms with Crippen LogP contribution in [-0.4, -0.2) is 59.5 Å². The summed E-state index contributed by atoms with van der Waals surface area (Å²) in [6.45, 7) is 7.15. The van der Waals surface area contributed by atoms with Crippen LogP contribution in [0, 0.1) is 6.92 Å². The predicted octanol–water partition coefficient (Wildman–Crippen LogP) is 3.81. The van der Waals surface area contributed by atoms with Gasteiger partial charge in [0.25, 0.3) is 5.56 Å². The molecule has 3 rings (SSSR count). The van der Waals surface area contributed by atoms with Crippen LogP contribution < -0.4 is 10.9 Å². The summed E-state index contributed by atoms with van der Waals surface area (Å²) in [7, 11) is 1.34. The van der Waals surface area contributed by atoms with E-state index in [4.69, 9.17) is 32.7 Å². The lowest BCUT2D eigenvalue weighted by atomic mass is 10.1. The van der Waals surface area contributed by atoms with Crippen molar-refractivity contribution in [3.05, 3.63) is 44.3 Å². The van der Waals surface area contributed by atoms with Gasteiger partial charge in [-0.05, 0) is 39.0 Å². The van der Waals surface area contributed by atoms with Crippen molar-refractivity contribution < 1.29 is 14.3 Å². The van der Waals surface area contributed by atoms with E-state index < -0.39 is 6.09 Å². The first-order valence-corrected chi connectivity index (χ1v) is 10.8. The van der Waals surface area contributed by atoms with Crippen molar-refractivity contribution in [2.24, 2.45) is 0 Å². The normalized spacial score (nSPS) is 18.3. The van der Waals surface area contributed by atoms with Gasteiger partial charge in [0.05, 0.1) is 36.5 Å². The van der Waals surface area contributed by atoms with E-state index in [2.05, 4.69) is 10.3 Å². The number of anilines is 1. The molecule has 8 nitrogen and oxygen atoms in total. The molecule has 1 aromatic carbocycles. The second kappa shape index (κ2) is 9.89. The first kappa shape index (κ1) is 23.4. The van der Waals surface area contributed by atoms with Crippen LogP contribution in [0.5, 0.6) is 0 Å². The van der Waals surface area contributed by atoms with Gasteiger partial charge in [-0.15, -0.1) is 0 Å². The fourth-order valence-corrected chi connectivity index (χ4v) is 4.25. The summed E-state index contributed by atoms with van der Waals surface area (Å²) in [5.41, 5.74) is 1.31. The maximum absolute atomic E-state index is 13.4. The number of ether oxygens (including phenoxy) is 2. The minimum Gasteiger partial charge on any atom is -0.453 e. The SMILES string of the molecule is CCO[C@H]1CN(C(=O)OC)C[C@H]1Nc1c(C)nc(-c2ccc(Cl)cc2Cl)n(CC)c1=O. The van der Waals surface area contributed by atoms with E-state index in [1.807, 2.05) is 13.8 Å². The topological polar surface area (TPSA) is 85.7 Å². The molecule has 1 fully saturated rings. The van der Waals surface area contributed by atoms with Crippen LogP contribution in [0.15, 0.2) is 23.0 Å². The Morgan fingerprint density at radius 3 is 2.65 bits per heavy atom. The van der Waals surface area contributed by atoms with E-state index in [1.54, 1.807) is 34.6 Å². The molecule has 2 aromatic rings. The number of methoxy groups -OCH3 is 1. The molecule has 0 bridgehead atoms. The molecule has 1 amide bonds. The fraction of sp³-hybridized carbons (Fsp3) is 0.476. The van der Waals surface area contributed by atoms with E-state index in [9.17, 15) is 9.59 Å². The molecule has 168 valence electrons. The van der Waals surface area contributed by atoms with Gasteiger partial charge in [-0.1, -0.05) is 23.2 Å². The molecule has 1 aliphatic rings. The van der Waals surface area contributed by atoms with E-state index in [0.29, 0.717) is 59.1 Å². The molecule has 0 unspecified atom stereocenters. The number of hydrogen-bond acceptors (Lipinski definition) is 6. The Labute approximate surface area is 191 Å². The second-order valence-corrected chi connectivity index (χ2v) is 8.03. The fourth-order valence-electron chi connectivity index (χ4n) is 3.76. The van der Waals surface area contributed by atoms with Gasteiger partial charge in [-0.3, -0.25) is 9.36 Å². The zero-order chi connectivity index (χ0) is 22.7. The van der Waals surface area contributed by atoms with Gasteiger partial charge >= 0.3 is 6.09 Å². The van der Waals surface area contributed by atoms with Crippen LogP contribution in [-0.2, 0) is 16.0 Å². The van der Waals surface area contributed by atoms with E-state index in [1.165, 1.54) is 7.11 Å². The lowest BCUT2D eigenvalue weighted by molar-refractivity contribution is 0.0614. The van der Waals surface area contributed by atoms with Crippen molar-refractivity contribution in [3.8, 4) is 11.4 Å². The molecule has 0 saturated carbocycles. The van der Waals surface area contributed by atoms with Crippen LogP contribution in [0.1, 0.15) is 19.5 Å². The highest BCUT2D eigenvalue weighted by Crippen LogP contribution is 2.30. The van der Waals surface area contributed by atoms with Gasteiger partial charge in [0, 0.05) is 30.3 Å². The quantitative estimate of drug-likeness (QED) is 0.693. The Bertz CT molecular complexity index is 1030. The van der Waals surface area contributed by atoms with Crippen molar-refractivity contribution in [1.29, 1.82) is 0 Å². The minimum atomic E-state index is -0.428. The summed E-state index contributed by atoms with van der Waals surface area (Å²) < 4.78 is 12.2. The van der Waals surface area contributed by atoms with E-state index in [-0.39, 0.29) is 17.7 Å². The van der Waals surface area contributed by atoms with Crippen molar-refractivity contribution >= 4 is 35.0 Å². The first-order valence-electron chi connectivity index (χ1n) is 10.1. The molecule has 1 N–H and O–H groups in total. The highest BCUT2D eigenvalue weighted by molar-refractivity contribution is 6.36. The third-order valence-corrected chi connectivity index (χ3v) is 5.80. The summed E-state index contributed by atoms with van der Waals surface area (Å²) >= 11 is 12.4. The Morgan fingerprint density at radius 2 is 2.03 bits per heavy atom. The van der Waals surface area contributed by atoms with Crippen LogP contribution in [0.25, 0.3) is 11.4 Å². The molecule has 10 heteroatoms.